The minimum Gasteiger partial charge on any atom is -0.461 e. The molecule has 0 radical (unpaired) electrons. The number of rotatable bonds is 6. The van der Waals surface area contributed by atoms with Crippen molar-refractivity contribution in [3.63, 3.8) is 0 Å². The Kier molecular flexibility index (Phi) is 6.53. The molecule has 0 heterocycles. The second kappa shape index (κ2) is 7.17. The van der Waals surface area contributed by atoms with Crippen molar-refractivity contribution in [2.24, 2.45) is 5.73 Å². The number of carbonyl (C=O) groups is 2. The molecule has 1 unspecified atom stereocenters. The topological polar surface area (TPSA) is 81.4 Å². The van der Waals surface area contributed by atoms with Crippen LogP contribution in [0, 0.1) is 0 Å². The Bertz CT molecular complexity index is 194. The minimum absolute atomic E-state index is 0.0999. The summed E-state index contributed by atoms with van der Waals surface area (Å²) in [6, 6.07) is -0.719. The normalized spacial score (nSPS) is 11.9. The fraction of sp³-hybridized carbons (Fsp3) is 0.778. The van der Waals surface area contributed by atoms with E-state index in [-0.39, 0.29) is 12.6 Å². The summed E-state index contributed by atoms with van der Waals surface area (Å²) in [4.78, 5) is 21.3. The first-order chi connectivity index (χ1) is 6.56. The predicted octanol–water partition coefficient (Wildman–Crippen LogP) is 0.777. The van der Waals surface area contributed by atoms with Crippen LogP contribution in [0.1, 0.15) is 33.1 Å². The molecule has 82 valence electrons. The molecule has 2 amide bonds. The molecule has 0 aromatic heterocycles. The van der Waals surface area contributed by atoms with Gasteiger partial charge in [0.2, 0.25) is 0 Å². The van der Waals surface area contributed by atoms with Gasteiger partial charge in [-0.3, -0.25) is 4.79 Å². The van der Waals surface area contributed by atoms with Crippen LogP contribution in [-0.4, -0.2) is 24.6 Å². The molecular formula is C9H18N2O3. The molecule has 14 heavy (non-hydrogen) atoms. The van der Waals surface area contributed by atoms with Gasteiger partial charge >= 0.3 is 12.0 Å². The van der Waals surface area contributed by atoms with Crippen LogP contribution in [0.4, 0.5) is 4.79 Å². The van der Waals surface area contributed by atoms with E-state index in [0.29, 0.717) is 0 Å². The molecule has 0 spiro atoms. The highest BCUT2D eigenvalue weighted by molar-refractivity contribution is 5.79. The number of hydrogen-bond acceptors (Lipinski definition) is 3. The van der Waals surface area contributed by atoms with E-state index in [0.717, 1.165) is 19.3 Å². The van der Waals surface area contributed by atoms with Crippen molar-refractivity contribution in [2.45, 2.75) is 39.2 Å². The van der Waals surface area contributed by atoms with E-state index in [1.807, 2.05) is 6.92 Å². The highest BCUT2D eigenvalue weighted by Crippen LogP contribution is 2.03. The summed E-state index contributed by atoms with van der Waals surface area (Å²) in [5.41, 5.74) is 4.79. The maximum Gasteiger partial charge on any atom is 0.325 e. The van der Waals surface area contributed by atoms with Crippen molar-refractivity contribution in [1.82, 2.24) is 5.32 Å². The largest absolute Gasteiger partial charge is 0.461 e. The van der Waals surface area contributed by atoms with Gasteiger partial charge in [-0.05, 0) is 13.3 Å². The van der Waals surface area contributed by atoms with E-state index in [1.54, 1.807) is 0 Å². The zero-order chi connectivity index (χ0) is 11.0. The molecule has 0 rings (SSSR count). The van der Waals surface area contributed by atoms with Gasteiger partial charge in [-0.2, -0.15) is 0 Å². The molecule has 5 nitrogen and oxygen atoms in total. The molecule has 0 aromatic rings. The van der Waals surface area contributed by atoms with E-state index >= 15 is 0 Å². The smallest absolute Gasteiger partial charge is 0.325 e. The SMILES string of the molecule is CCCCC(C)OC(=O)CNC(N)=O. The van der Waals surface area contributed by atoms with Crippen molar-refractivity contribution in [1.29, 1.82) is 0 Å². The average Bonchev–Trinajstić information content (AvgIpc) is 2.11. The molecule has 5 heteroatoms. The summed E-state index contributed by atoms with van der Waals surface area (Å²) in [6.07, 6.45) is 2.84. The lowest BCUT2D eigenvalue weighted by atomic mass is 10.2. The third-order valence-electron chi connectivity index (χ3n) is 1.70. The van der Waals surface area contributed by atoms with Crippen molar-refractivity contribution in [2.75, 3.05) is 6.54 Å². The first-order valence-electron chi connectivity index (χ1n) is 4.79. The Morgan fingerprint density at radius 3 is 2.64 bits per heavy atom. The molecule has 0 aromatic carbocycles. The van der Waals surface area contributed by atoms with Crippen LogP contribution in [0.5, 0.6) is 0 Å². The summed E-state index contributed by atoms with van der Waals surface area (Å²) >= 11 is 0. The molecule has 0 saturated carbocycles. The Morgan fingerprint density at radius 2 is 2.14 bits per heavy atom. The standard InChI is InChI=1S/C9H18N2O3/c1-3-4-5-7(2)14-8(12)6-11-9(10)13/h7H,3-6H2,1-2H3,(H3,10,11,13). The number of amides is 2. The lowest BCUT2D eigenvalue weighted by molar-refractivity contribution is -0.147. The zero-order valence-electron chi connectivity index (χ0n) is 8.71. The minimum atomic E-state index is -0.719. The van der Waals surface area contributed by atoms with Gasteiger partial charge in [0.15, 0.2) is 0 Å². The van der Waals surface area contributed by atoms with Crippen molar-refractivity contribution >= 4 is 12.0 Å². The number of carbonyl (C=O) groups excluding carboxylic acids is 2. The molecule has 0 fully saturated rings. The molecule has 1 atom stereocenters. The van der Waals surface area contributed by atoms with Gasteiger partial charge in [0.1, 0.15) is 6.54 Å². The predicted molar refractivity (Wildman–Crippen MR) is 52.7 cm³/mol. The zero-order valence-corrected chi connectivity index (χ0v) is 8.71. The first-order valence-corrected chi connectivity index (χ1v) is 4.79. The van der Waals surface area contributed by atoms with Crippen LogP contribution in [0.3, 0.4) is 0 Å². The van der Waals surface area contributed by atoms with Gasteiger partial charge in [-0.25, -0.2) is 4.79 Å². The molecule has 0 aliphatic heterocycles. The van der Waals surface area contributed by atoms with Crippen LogP contribution in [0.2, 0.25) is 0 Å². The number of hydrogen-bond donors (Lipinski definition) is 2. The molecule has 0 bridgehead atoms. The monoisotopic (exact) mass is 202 g/mol. The third kappa shape index (κ3) is 7.39. The van der Waals surface area contributed by atoms with E-state index in [2.05, 4.69) is 12.2 Å². The van der Waals surface area contributed by atoms with Gasteiger partial charge in [-0.1, -0.05) is 19.8 Å². The Balaban J connectivity index is 3.55. The van der Waals surface area contributed by atoms with Gasteiger partial charge in [-0.15, -0.1) is 0 Å². The Hall–Kier alpha value is -1.26. The molecular weight excluding hydrogens is 184 g/mol. The maximum absolute atomic E-state index is 11.0. The van der Waals surface area contributed by atoms with Crippen molar-refractivity contribution < 1.29 is 14.3 Å². The van der Waals surface area contributed by atoms with Crippen LogP contribution in [-0.2, 0) is 9.53 Å². The van der Waals surface area contributed by atoms with Crippen molar-refractivity contribution in [3.8, 4) is 0 Å². The van der Waals surface area contributed by atoms with E-state index < -0.39 is 12.0 Å². The lowest BCUT2D eigenvalue weighted by Crippen LogP contribution is -2.35. The highest BCUT2D eigenvalue weighted by atomic mass is 16.5. The third-order valence-corrected chi connectivity index (χ3v) is 1.70. The maximum atomic E-state index is 11.0. The van der Waals surface area contributed by atoms with Crippen LogP contribution in [0.15, 0.2) is 0 Å². The fourth-order valence-corrected chi connectivity index (χ4v) is 0.976. The van der Waals surface area contributed by atoms with Gasteiger partial charge < -0.3 is 15.8 Å². The molecule has 3 N–H and O–H groups in total. The van der Waals surface area contributed by atoms with Crippen LogP contribution in [0.25, 0.3) is 0 Å². The second-order valence-electron chi connectivity index (χ2n) is 3.16. The number of urea groups is 1. The summed E-state index contributed by atoms with van der Waals surface area (Å²) in [6.45, 7) is 3.74. The summed E-state index contributed by atoms with van der Waals surface area (Å²) in [5, 5.41) is 2.17. The van der Waals surface area contributed by atoms with Crippen LogP contribution < -0.4 is 11.1 Å². The molecule has 0 aliphatic carbocycles. The summed E-state index contributed by atoms with van der Waals surface area (Å²) in [5.74, 6) is -0.451. The lowest BCUT2D eigenvalue weighted by Gasteiger charge is -2.12. The number of nitrogens with two attached hydrogens (primary N) is 1. The number of esters is 1. The summed E-state index contributed by atoms with van der Waals surface area (Å²) in [7, 11) is 0. The van der Waals surface area contributed by atoms with Gasteiger partial charge in [0.25, 0.3) is 0 Å². The second-order valence-corrected chi connectivity index (χ2v) is 3.16. The van der Waals surface area contributed by atoms with Crippen molar-refractivity contribution in [3.05, 3.63) is 0 Å². The van der Waals surface area contributed by atoms with Gasteiger partial charge in [0, 0.05) is 0 Å². The molecule has 0 aliphatic rings. The Labute approximate surface area is 84.0 Å². The number of unbranched alkanes of at least 4 members (excludes halogenated alkanes) is 1. The summed E-state index contributed by atoms with van der Waals surface area (Å²) < 4.78 is 4.99. The number of primary amides is 1. The Morgan fingerprint density at radius 1 is 1.50 bits per heavy atom. The van der Waals surface area contributed by atoms with Gasteiger partial charge in [0.05, 0.1) is 6.10 Å². The quantitative estimate of drug-likeness (QED) is 0.624. The molecule has 0 saturated heterocycles. The number of nitrogens with one attached hydrogen (secondary N) is 1. The van der Waals surface area contributed by atoms with Crippen LogP contribution >= 0.6 is 0 Å². The first kappa shape index (κ1) is 12.7. The van der Waals surface area contributed by atoms with E-state index in [4.69, 9.17) is 10.5 Å². The highest BCUT2D eigenvalue weighted by Gasteiger charge is 2.08. The van der Waals surface area contributed by atoms with E-state index in [9.17, 15) is 9.59 Å². The fourth-order valence-electron chi connectivity index (χ4n) is 0.976. The number of ether oxygens (including phenoxy) is 1. The average molecular weight is 202 g/mol. The van der Waals surface area contributed by atoms with E-state index in [1.165, 1.54) is 0 Å².